The molecular weight excluding hydrogens is 485 g/mol. The summed E-state index contributed by atoms with van der Waals surface area (Å²) in [5.41, 5.74) is 0.724. The minimum atomic E-state index is -4.43. The quantitative estimate of drug-likeness (QED) is 0.355. The molecule has 4 rings (SSSR count). The summed E-state index contributed by atoms with van der Waals surface area (Å²) in [7, 11) is 0. The van der Waals surface area contributed by atoms with Crippen LogP contribution in [0.1, 0.15) is 62.6 Å². The Kier molecular flexibility index (Phi) is 8.68. The SMILES string of the molecule is CCCCC(C)C(C#N)(c1cccc(C(F)(F)F)c1)C1CCN(CC2CN(c3ccc(C#N)cc3)C2)CC1. The van der Waals surface area contributed by atoms with Crippen molar-refractivity contribution < 1.29 is 13.2 Å². The van der Waals surface area contributed by atoms with E-state index in [1.807, 2.05) is 24.3 Å². The van der Waals surface area contributed by atoms with Gasteiger partial charge in [-0.3, -0.25) is 0 Å². The van der Waals surface area contributed by atoms with E-state index in [2.05, 4.69) is 35.8 Å². The van der Waals surface area contributed by atoms with Gasteiger partial charge in [-0.2, -0.15) is 23.7 Å². The van der Waals surface area contributed by atoms with Gasteiger partial charge in [-0.05, 0) is 80.1 Å². The number of nitriles is 2. The lowest BCUT2D eigenvalue weighted by Gasteiger charge is -2.47. The zero-order chi connectivity index (χ0) is 27.3. The molecule has 2 unspecified atom stereocenters. The van der Waals surface area contributed by atoms with Crippen molar-refractivity contribution in [2.24, 2.45) is 17.8 Å². The first-order valence-corrected chi connectivity index (χ1v) is 13.8. The van der Waals surface area contributed by atoms with Crippen LogP contribution in [0.4, 0.5) is 18.9 Å². The van der Waals surface area contributed by atoms with Gasteiger partial charge in [0.2, 0.25) is 0 Å². The topological polar surface area (TPSA) is 54.1 Å². The zero-order valence-electron chi connectivity index (χ0n) is 22.3. The van der Waals surface area contributed by atoms with Gasteiger partial charge in [0, 0.05) is 31.2 Å². The Bertz CT molecular complexity index is 1150. The van der Waals surface area contributed by atoms with Crippen molar-refractivity contribution >= 4 is 5.69 Å². The van der Waals surface area contributed by atoms with Crippen molar-refractivity contribution in [3.05, 3.63) is 65.2 Å². The highest BCUT2D eigenvalue weighted by Crippen LogP contribution is 2.47. The smallest absolute Gasteiger partial charge is 0.371 e. The van der Waals surface area contributed by atoms with Gasteiger partial charge in [0.15, 0.2) is 0 Å². The molecule has 0 amide bonds. The summed E-state index contributed by atoms with van der Waals surface area (Å²) in [6.45, 7) is 8.83. The maximum absolute atomic E-state index is 13.6. The number of likely N-dealkylation sites (tertiary alicyclic amines) is 1. The van der Waals surface area contributed by atoms with E-state index in [4.69, 9.17) is 5.26 Å². The lowest BCUT2D eigenvalue weighted by Crippen LogP contribution is -2.53. The average Bonchev–Trinajstić information content (AvgIpc) is 2.90. The number of hydrogen-bond donors (Lipinski definition) is 0. The van der Waals surface area contributed by atoms with Crippen molar-refractivity contribution in [1.29, 1.82) is 10.5 Å². The van der Waals surface area contributed by atoms with Crippen molar-refractivity contribution in [3.63, 3.8) is 0 Å². The fraction of sp³-hybridized carbons (Fsp3) is 0.548. The largest absolute Gasteiger partial charge is 0.416 e. The summed E-state index contributed by atoms with van der Waals surface area (Å²) in [6, 6.07) is 17.9. The molecule has 2 heterocycles. The van der Waals surface area contributed by atoms with Crippen molar-refractivity contribution in [3.8, 4) is 12.1 Å². The molecule has 2 aromatic carbocycles. The van der Waals surface area contributed by atoms with E-state index in [0.29, 0.717) is 17.0 Å². The fourth-order valence-corrected chi connectivity index (χ4v) is 6.46. The molecule has 202 valence electrons. The highest BCUT2D eigenvalue weighted by molar-refractivity contribution is 5.51. The molecule has 0 radical (unpaired) electrons. The van der Waals surface area contributed by atoms with Crippen molar-refractivity contribution in [1.82, 2.24) is 4.90 Å². The van der Waals surface area contributed by atoms with Gasteiger partial charge in [0.25, 0.3) is 0 Å². The van der Waals surface area contributed by atoms with E-state index in [-0.39, 0.29) is 11.8 Å². The molecule has 2 atom stereocenters. The van der Waals surface area contributed by atoms with Crippen LogP contribution in [0.5, 0.6) is 0 Å². The molecule has 2 fully saturated rings. The zero-order valence-corrected chi connectivity index (χ0v) is 22.3. The Morgan fingerprint density at radius 3 is 2.24 bits per heavy atom. The molecule has 0 bridgehead atoms. The summed E-state index contributed by atoms with van der Waals surface area (Å²) < 4.78 is 40.7. The van der Waals surface area contributed by atoms with Crippen LogP contribution in [-0.2, 0) is 11.6 Å². The Morgan fingerprint density at radius 1 is 1.00 bits per heavy atom. The van der Waals surface area contributed by atoms with Gasteiger partial charge in [-0.1, -0.05) is 44.9 Å². The molecule has 2 saturated heterocycles. The lowest BCUT2D eigenvalue weighted by molar-refractivity contribution is -0.137. The number of halogens is 3. The van der Waals surface area contributed by atoms with E-state index < -0.39 is 17.2 Å². The molecule has 0 aliphatic carbocycles. The third kappa shape index (κ3) is 5.84. The van der Waals surface area contributed by atoms with Gasteiger partial charge in [-0.25, -0.2) is 0 Å². The van der Waals surface area contributed by atoms with Crippen LogP contribution in [0.25, 0.3) is 0 Å². The lowest BCUT2D eigenvalue weighted by atomic mass is 9.60. The van der Waals surface area contributed by atoms with E-state index >= 15 is 0 Å². The molecule has 0 N–H and O–H groups in total. The molecule has 2 aliphatic rings. The Hall–Kier alpha value is -3.03. The first-order valence-electron chi connectivity index (χ1n) is 13.8. The summed E-state index contributed by atoms with van der Waals surface area (Å²) in [6.07, 6.45) is -0.0261. The number of unbranched alkanes of at least 4 members (excludes halogenated alkanes) is 1. The summed E-state index contributed by atoms with van der Waals surface area (Å²) in [5.74, 6) is 0.561. The number of nitrogens with zero attached hydrogens (tertiary/aromatic N) is 4. The first kappa shape index (κ1) is 28.0. The van der Waals surface area contributed by atoms with Crippen LogP contribution < -0.4 is 4.90 Å². The number of piperidine rings is 1. The second kappa shape index (κ2) is 11.8. The molecule has 2 aliphatic heterocycles. The van der Waals surface area contributed by atoms with Gasteiger partial charge in [0.1, 0.15) is 0 Å². The molecule has 7 heteroatoms. The Labute approximate surface area is 224 Å². The van der Waals surface area contributed by atoms with Gasteiger partial charge < -0.3 is 9.80 Å². The molecule has 38 heavy (non-hydrogen) atoms. The van der Waals surface area contributed by atoms with Crippen LogP contribution in [0.2, 0.25) is 0 Å². The maximum Gasteiger partial charge on any atom is 0.416 e. The number of hydrogen-bond acceptors (Lipinski definition) is 4. The number of anilines is 1. The number of alkyl halides is 3. The Balaban J connectivity index is 1.42. The maximum atomic E-state index is 13.6. The average molecular weight is 523 g/mol. The predicted octanol–water partition coefficient (Wildman–Crippen LogP) is 7.01. The van der Waals surface area contributed by atoms with Crippen LogP contribution in [0.15, 0.2) is 48.5 Å². The van der Waals surface area contributed by atoms with Crippen molar-refractivity contribution in [2.75, 3.05) is 37.6 Å². The van der Waals surface area contributed by atoms with Gasteiger partial charge in [-0.15, -0.1) is 0 Å². The second-order valence-corrected chi connectivity index (χ2v) is 11.1. The van der Waals surface area contributed by atoms with E-state index in [9.17, 15) is 18.4 Å². The van der Waals surface area contributed by atoms with E-state index in [1.165, 1.54) is 12.1 Å². The molecular formula is C31H37F3N4. The standard InChI is InChI=1S/C31H37F3N4/c1-3-4-6-23(2)30(22-36,27-7-5-8-28(17-27)31(32,33)34)26-13-15-37(16-14-26)19-25-20-38(21-25)29-11-9-24(18-35)10-12-29/h5,7-12,17,23,25-26H,3-4,6,13-16,19-21H2,1-2H3. The van der Waals surface area contributed by atoms with Crippen molar-refractivity contribution in [2.45, 2.75) is 57.5 Å². The van der Waals surface area contributed by atoms with Crippen LogP contribution in [0.3, 0.4) is 0 Å². The van der Waals surface area contributed by atoms with Crippen LogP contribution in [0, 0.1) is 40.4 Å². The summed E-state index contributed by atoms with van der Waals surface area (Å²) in [5, 5.41) is 19.6. The normalized spacial score (nSPS) is 19.7. The minimum Gasteiger partial charge on any atom is -0.371 e. The van der Waals surface area contributed by atoms with Gasteiger partial charge >= 0.3 is 6.18 Å². The van der Waals surface area contributed by atoms with E-state index in [1.54, 1.807) is 6.07 Å². The minimum absolute atomic E-state index is 0.0237. The van der Waals surface area contributed by atoms with Gasteiger partial charge in [0.05, 0.1) is 28.7 Å². The summed E-state index contributed by atoms with van der Waals surface area (Å²) >= 11 is 0. The highest BCUT2D eigenvalue weighted by Gasteiger charge is 2.47. The Morgan fingerprint density at radius 2 is 1.66 bits per heavy atom. The van der Waals surface area contributed by atoms with E-state index in [0.717, 1.165) is 76.6 Å². The van der Waals surface area contributed by atoms with Crippen LogP contribution >= 0.6 is 0 Å². The third-order valence-electron chi connectivity index (χ3n) is 8.69. The highest BCUT2D eigenvalue weighted by atomic mass is 19.4. The number of benzene rings is 2. The molecule has 2 aromatic rings. The molecule has 4 nitrogen and oxygen atoms in total. The first-order chi connectivity index (χ1) is 18.2. The molecule has 0 saturated carbocycles. The second-order valence-electron chi connectivity index (χ2n) is 11.1. The monoisotopic (exact) mass is 522 g/mol. The fourth-order valence-electron chi connectivity index (χ4n) is 6.46. The molecule has 0 spiro atoms. The summed E-state index contributed by atoms with van der Waals surface area (Å²) in [4.78, 5) is 4.78. The van der Waals surface area contributed by atoms with Crippen LogP contribution in [-0.4, -0.2) is 37.6 Å². The number of rotatable bonds is 9. The molecule has 0 aromatic heterocycles. The third-order valence-corrected chi connectivity index (χ3v) is 8.69. The predicted molar refractivity (Wildman–Crippen MR) is 143 cm³/mol.